The van der Waals surface area contributed by atoms with Gasteiger partial charge in [0.05, 0.1) is 6.42 Å². The molecule has 0 aromatic heterocycles. The number of ketones is 1. The monoisotopic (exact) mass is 176 g/mol. The van der Waals surface area contributed by atoms with Crippen molar-refractivity contribution in [3.63, 3.8) is 0 Å². The van der Waals surface area contributed by atoms with Gasteiger partial charge in [-0.05, 0) is 0 Å². The van der Waals surface area contributed by atoms with Crippen molar-refractivity contribution >= 4 is 17.7 Å². The Balaban J connectivity index is 2.54. The lowest BCUT2D eigenvalue weighted by Gasteiger charge is -1.94. The van der Waals surface area contributed by atoms with Crippen LogP contribution in [0.15, 0.2) is 0 Å². The molecule has 1 heterocycles. The van der Waals surface area contributed by atoms with Crippen LogP contribution in [0.25, 0.3) is 0 Å². The molecule has 0 atom stereocenters. The van der Waals surface area contributed by atoms with Gasteiger partial charge in [-0.15, -0.1) is 0 Å². The highest BCUT2D eigenvalue weighted by Crippen LogP contribution is 2.01. The first-order valence-corrected chi connectivity index (χ1v) is 2.98. The zero-order valence-corrected chi connectivity index (χ0v) is 5.77. The summed E-state index contributed by atoms with van der Waals surface area (Å²) in [6.07, 6.45) is -0.540. The van der Waals surface area contributed by atoms with E-state index in [-0.39, 0.29) is 12.8 Å². The second-order valence-corrected chi connectivity index (χ2v) is 1.89. The molecule has 0 radical (unpaired) electrons. The third kappa shape index (κ3) is 2.29. The van der Waals surface area contributed by atoms with Gasteiger partial charge < -0.3 is 0 Å². The lowest BCUT2D eigenvalue weighted by molar-refractivity contribution is -0.598. The van der Waals surface area contributed by atoms with Crippen molar-refractivity contribution in [1.29, 1.82) is 0 Å². The Kier molecular flexibility index (Phi) is 2.72. The average molecular weight is 176 g/mol. The maximum absolute atomic E-state index is 10.6. The van der Waals surface area contributed by atoms with Crippen LogP contribution in [0.3, 0.4) is 0 Å². The van der Waals surface area contributed by atoms with E-state index in [1.165, 1.54) is 0 Å². The number of carbonyl (C=O) groups is 3. The molecule has 1 fully saturated rings. The maximum Gasteiger partial charge on any atom is 0.411 e. The molecule has 0 aromatic rings. The summed E-state index contributed by atoms with van der Waals surface area (Å²) in [4.78, 5) is 39.2. The lowest BCUT2D eigenvalue weighted by Crippen LogP contribution is -2.16. The fourth-order valence-corrected chi connectivity index (χ4v) is 0.502. The van der Waals surface area contributed by atoms with E-state index in [0.29, 0.717) is 0 Å². The van der Waals surface area contributed by atoms with Crippen molar-refractivity contribution in [2.24, 2.45) is 0 Å². The summed E-state index contributed by atoms with van der Waals surface area (Å²) in [5.74, 6) is -2.92. The number of hydrogen-bond donors (Lipinski definition) is 0. The van der Waals surface area contributed by atoms with Gasteiger partial charge in [0.15, 0.2) is 0 Å². The standard InChI is InChI=1S/C5H4O7/c6-3-1-2-4(7)9-11-12-10-5(3)8/h1-2H2. The highest BCUT2D eigenvalue weighted by Gasteiger charge is 2.21. The molecule has 12 heavy (non-hydrogen) atoms. The van der Waals surface area contributed by atoms with Gasteiger partial charge in [0.1, 0.15) is 0 Å². The summed E-state index contributed by atoms with van der Waals surface area (Å²) in [5.41, 5.74) is 0. The largest absolute Gasteiger partial charge is 0.411 e. The minimum atomic E-state index is -1.23. The van der Waals surface area contributed by atoms with Crippen molar-refractivity contribution in [3.8, 4) is 0 Å². The third-order valence-electron chi connectivity index (χ3n) is 1.05. The molecule has 1 saturated heterocycles. The minimum absolute atomic E-state index is 0.253. The Bertz CT molecular complexity index is 220. The molecule has 1 aliphatic heterocycles. The van der Waals surface area contributed by atoms with Crippen LogP contribution in [-0.2, 0) is 34.2 Å². The van der Waals surface area contributed by atoms with Crippen molar-refractivity contribution in [2.75, 3.05) is 0 Å². The van der Waals surface area contributed by atoms with E-state index in [4.69, 9.17) is 0 Å². The number of carbonyl (C=O) groups excluding carboxylic acids is 3. The molecule has 0 bridgehead atoms. The van der Waals surface area contributed by atoms with Gasteiger partial charge in [-0.2, -0.15) is 0 Å². The van der Waals surface area contributed by atoms with Gasteiger partial charge >= 0.3 is 11.9 Å². The number of rotatable bonds is 0. The maximum atomic E-state index is 10.6. The zero-order valence-electron chi connectivity index (χ0n) is 5.77. The van der Waals surface area contributed by atoms with Gasteiger partial charge in [-0.1, -0.05) is 0 Å². The fraction of sp³-hybridized carbons (Fsp3) is 0.400. The molecule has 66 valence electrons. The first kappa shape index (κ1) is 8.62. The Morgan fingerprint density at radius 2 is 1.58 bits per heavy atom. The van der Waals surface area contributed by atoms with Gasteiger partial charge in [-0.25, -0.2) is 9.59 Å². The molecule has 0 amide bonds. The summed E-state index contributed by atoms with van der Waals surface area (Å²) in [5, 5.41) is 7.23. The van der Waals surface area contributed by atoms with Crippen LogP contribution in [0.4, 0.5) is 0 Å². The van der Waals surface area contributed by atoms with Gasteiger partial charge in [-0.3, -0.25) is 14.6 Å². The molecule has 0 spiro atoms. The third-order valence-corrected chi connectivity index (χ3v) is 1.05. The van der Waals surface area contributed by atoms with Crippen molar-refractivity contribution in [3.05, 3.63) is 0 Å². The molecule has 1 rings (SSSR count). The van der Waals surface area contributed by atoms with Crippen LogP contribution in [0.1, 0.15) is 12.8 Å². The summed E-state index contributed by atoms with van der Waals surface area (Å²) < 4.78 is 0. The smallest absolute Gasteiger partial charge is 0.287 e. The predicted molar refractivity (Wildman–Crippen MR) is 28.6 cm³/mol. The quantitative estimate of drug-likeness (QED) is 0.353. The van der Waals surface area contributed by atoms with Crippen LogP contribution in [0.2, 0.25) is 0 Å². The van der Waals surface area contributed by atoms with Crippen LogP contribution in [-0.4, -0.2) is 17.7 Å². The molecular formula is C5H4O7. The first-order chi connectivity index (χ1) is 5.70. The van der Waals surface area contributed by atoms with Gasteiger partial charge in [0.2, 0.25) is 5.78 Å². The van der Waals surface area contributed by atoms with Crippen molar-refractivity contribution in [1.82, 2.24) is 0 Å². The molecule has 1 aliphatic rings. The van der Waals surface area contributed by atoms with E-state index in [1.807, 2.05) is 0 Å². The van der Waals surface area contributed by atoms with Gasteiger partial charge in [0.25, 0.3) is 0 Å². The Morgan fingerprint density at radius 1 is 0.917 bits per heavy atom. The molecule has 0 N–H and O–H groups in total. The van der Waals surface area contributed by atoms with Crippen LogP contribution in [0, 0.1) is 0 Å². The number of Topliss-reactive ketones (excluding diaryl/α,β-unsaturated/α-hetero) is 1. The van der Waals surface area contributed by atoms with E-state index >= 15 is 0 Å². The van der Waals surface area contributed by atoms with E-state index in [1.54, 1.807) is 0 Å². The second-order valence-electron chi connectivity index (χ2n) is 1.89. The Labute approximate surface area is 65.9 Å². The Morgan fingerprint density at radius 3 is 2.33 bits per heavy atom. The molecule has 0 aliphatic carbocycles. The SMILES string of the molecule is O=C1CCC(=O)C(=O)OOOO1. The number of hydrogen-bond acceptors (Lipinski definition) is 7. The molecule has 7 heteroatoms. The van der Waals surface area contributed by atoms with Crippen LogP contribution >= 0.6 is 0 Å². The zero-order chi connectivity index (χ0) is 8.97. The molecule has 0 saturated carbocycles. The average Bonchev–Trinajstić information content (AvgIpc) is 2.11. The van der Waals surface area contributed by atoms with E-state index < -0.39 is 17.7 Å². The van der Waals surface area contributed by atoms with E-state index in [0.717, 1.165) is 0 Å². The molecule has 0 unspecified atom stereocenters. The predicted octanol–water partition coefficient (Wildman–Crippen LogP) is -0.786. The topological polar surface area (TPSA) is 88.1 Å². The summed E-state index contributed by atoms with van der Waals surface area (Å²) in [6, 6.07) is 0. The first-order valence-electron chi connectivity index (χ1n) is 2.98. The highest BCUT2D eigenvalue weighted by molar-refractivity contribution is 6.33. The van der Waals surface area contributed by atoms with E-state index in [2.05, 4.69) is 19.9 Å². The van der Waals surface area contributed by atoms with Crippen LogP contribution < -0.4 is 0 Å². The highest BCUT2D eigenvalue weighted by atomic mass is 17.7. The minimum Gasteiger partial charge on any atom is -0.287 e. The summed E-state index contributed by atoms with van der Waals surface area (Å²) >= 11 is 0. The molecule has 7 nitrogen and oxygen atoms in total. The summed E-state index contributed by atoms with van der Waals surface area (Å²) in [7, 11) is 0. The Hall–Kier alpha value is -1.47. The normalized spacial score (nSPS) is 20.2. The molecule has 0 aromatic carbocycles. The fourth-order valence-electron chi connectivity index (χ4n) is 0.502. The van der Waals surface area contributed by atoms with Gasteiger partial charge in [0, 0.05) is 16.5 Å². The lowest BCUT2D eigenvalue weighted by atomic mass is 10.2. The van der Waals surface area contributed by atoms with Crippen molar-refractivity contribution < 1.29 is 34.2 Å². The van der Waals surface area contributed by atoms with Crippen molar-refractivity contribution in [2.45, 2.75) is 12.8 Å². The molecular weight excluding hydrogens is 172 g/mol. The van der Waals surface area contributed by atoms with E-state index in [9.17, 15) is 14.4 Å². The second kappa shape index (κ2) is 3.79. The summed E-state index contributed by atoms with van der Waals surface area (Å²) in [6.45, 7) is 0. The van der Waals surface area contributed by atoms with Crippen LogP contribution in [0.5, 0.6) is 0 Å².